The molecule has 0 bridgehead atoms. The van der Waals surface area contributed by atoms with Crippen LogP contribution >= 0.6 is 0 Å². The molecule has 90 valence electrons. The number of hydrogen-bond donors (Lipinski definition) is 1. The second kappa shape index (κ2) is 4.99. The van der Waals surface area contributed by atoms with Gasteiger partial charge >= 0.3 is 0 Å². The second-order valence-electron chi connectivity index (χ2n) is 4.29. The number of anilines is 1. The molecule has 0 spiro atoms. The fraction of sp³-hybridized carbons (Fsp3) is 0.385. The predicted octanol–water partition coefficient (Wildman–Crippen LogP) is 1.88. The third-order valence-electron chi connectivity index (χ3n) is 2.87. The Hall–Kier alpha value is -1.84. The smallest absolute Gasteiger partial charge is 0.150 e. The van der Waals surface area contributed by atoms with Crippen LogP contribution in [0.5, 0.6) is 0 Å². The number of rotatable bonds is 4. The van der Waals surface area contributed by atoms with Gasteiger partial charge in [-0.05, 0) is 37.5 Å². The third-order valence-corrected chi connectivity index (χ3v) is 2.87. The monoisotopic (exact) mass is 230 g/mol. The molecule has 0 aliphatic rings. The summed E-state index contributed by atoms with van der Waals surface area (Å²) in [4.78, 5) is 4.39. The van der Waals surface area contributed by atoms with Crippen LogP contribution in [0.2, 0.25) is 0 Å². The quantitative estimate of drug-likeness (QED) is 0.816. The van der Waals surface area contributed by atoms with Crippen molar-refractivity contribution < 1.29 is 0 Å². The summed E-state index contributed by atoms with van der Waals surface area (Å²) in [6.07, 6.45) is 3.02. The molecule has 4 nitrogen and oxygen atoms in total. The molecular weight excluding hydrogens is 212 g/mol. The van der Waals surface area contributed by atoms with Crippen molar-refractivity contribution >= 4 is 5.69 Å². The van der Waals surface area contributed by atoms with Crippen LogP contribution in [-0.4, -0.2) is 14.8 Å². The summed E-state index contributed by atoms with van der Waals surface area (Å²) in [5.41, 5.74) is 7.77. The van der Waals surface area contributed by atoms with Gasteiger partial charge < -0.3 is 5.73 Å². The first-order chi connectivity index (χ1) is 8.15. The summed E-state index contributed by atoms with van der Waals surface area (Å²) in [6, 6.07) is 8.04. The molecule has 1 aromatic carbocycles. The molecule has 0 amide bonds. The summed E-state index contributed by atoms with van der Waals surface area (Å²) in [5, 5.41) is 4.34. The van der Waals surface area contributed by atoms with Crippen LogP contribution in [0.3, 0.4) is 0 Å². The van der Waals surface area contributed by atoms with Crippen molar-refractivity contribution in [2.45, 2.75) is 26.2 Å². The lowest BCUT2D eigenvalue weighted by Crippen LogP contribution is -1.95. The van der Waals surface area contributed by atoms with Crippen LogP contribution in [0.4, 0.5) is 5.69 Å². The predicted molar refractivity (Wildman–Crippen MR) is 68.6 cm³/mol. The molecule has 2 rings (SSSR count). The van der Waals surface area contributed by atoms with Crippen molar-refractivity contribution in [3.05, 3.63) is 41.5 Å². The Morgan fingerprint density at radius 3 is 2.47 bits per heavy atom. The average molecular weight is 230 g/mol. The minimum absolute atomic E-state index is 0.816. The van der Waals surface area contributed by atoms with Crippen LogP contribution < -0.4 is 5.73 Å². The molecule has 0 aliphatic heterocycles. The van der Waals surface area contributed by atoms with Crippen molar-refractivity contribution in [3.63, 3.8) is 0 Å². The van der Waals surface area contributed by atoms with E-state index in [1.807, 2.05) is 30.8 Å². The number of aryl methyl sites for hydroxylation is 4. The lowest BCUT2D eigenvalue weighted by molar-refractivity contribution is 0.704. The third kappa shape index (κ3) is 3.06. The van der Waals surface area contributed by atoms with Gasteiger partial charge in [0.15, 0.2) is 5.82 Å². The summed E-state index contributed by atoms with van der Waals surface area (Å²) in [5.74, 6) is 1.90. The van der Waals surface area contributed by atoms with Crippen LogP contribution in [-0.2, 0) is 19.9 Å². The summed E-state index contributed by atoms with van der Waals surface area (Å²) < 4.78 is 1.82. The van der Waals surface area contributed by atoms with E-state index in [1.165, 1.54) is 5.56 Å². The van der Waals surface area contributed by atoms with Crippen molar-refractivity contribution in [1.82, 2.24) is 14.8 Å². The molecule has 17 heavy (non-hydrogen) atoms. The molecule has 0 radical (unpaired) electrons. The van der Waals surface area contributed by atoms with Gasteiger partial charge in [-0.25, -0.2) is 4.98 Å². The van der Waals surface area contributed by atoms with Gasteiger partial charge in [0.2, 0.25) is 0 Å². The number of hydrogen-bond acceptors (Lipinski definition) is 3. The molecule has 0 saturated carbocycles. The number of nitrogens with two attached hydrogens (primary N) is 1. The zero-order valence-corrected chi connectivity index (χ0v) is 10.3. The van der Waals surface area contributed by atoms with E-state index in [0.717, 1.165) is 36.6 Å². The van der Waals surface area contributed by atoms with E-state index in [0.29, 0.717) is 0 Å². The molecule has 0 atom stereocenters. The molecule has 0 aliphatic carbocycles. The minimum Gasteiger partial charge on any atom is -0.399 e. The molecule has 2 aromatic rings. The van der Waals surface area contributed by atoms with Crippen molar-refractivity contribution in [3.8, 4) is 0 Å². The number of nitrogens with zero attached hydrogens (tertiary/aromatic N) is 3. The SMILES string of the molecule is Cc1nc(CCCc2ccc(N)cc2)nn1C. The van der Waals surface area contributed by atoms with E-state index < -0.39 is 0 Å². The van der Waals surface area contributed by atoms with Gasteiger partial charge in [-0.3, -0.25) is 4.68 Å². The van der Waals surface area contributed by atoms with E-state index >= 15 is 0 Å². The summed E-state index contributed by atoms with van der Waals surface area (Å²) in [6.45, 7) is 1.97. The maximum Gasteiger partial charge on any atom is 0.150 e. The second-order valence-corrected chi connectivity index (χ2v) is 4.29. The van der Waals surface area contributed by atoms with Gasteiger partial charge in [0.25, 0.3) is 0 Å². The van der Waals surface area contributed by atoms with Gasteiger partial charge in [-0.15, -0.1) is 0 Å². The topological polar surface area (TPSA) is 56.7 Å². The Bertz CT molecular complexity index is 465. The van der Waals surface area contributed by atoms with Crippen molar-refractivity contribution in [1.29, 1.82) is 0 Å². The van der Waals surface area contributed by atoms with E-state index in [4.69, 9.17) is 5.73 Å². The highest BCUT2D eigenvalue weighted by Gasteiger charge is 2.02. The molecule has 0 saturated heterocycles. The Morgan fingerprint density at radius 1 is 1.18 bits per heavy atom. The van der Waals surface area contributed by atoms with Gasteiger partial charge in [0.1, 0.15) is 5.82 Å². The Balaban J connectivity index is 1.85. The lowest BCUT2D eigenvalue weighted by atomic mass is 10.1. The standard InChI is InChI=1S/C13H18N4/c1-10-15-13(16-17(10)2)5-3-4-11-6-8-12(14)9-7-11/h6-9H,3-5,14H2,1-2H3. The van der Waals surface area contributed by atoms with Crippen LogP contribution in [0.25, 0.3) is 0 Å². The fourth-order valence-corrected chi connectivity index (χ4v) is 1.77. The zero-order chi connectivity index (χ0) is 12.3. The highest BCUT2D eigenvalue weighted by atomic mass is 15.3. The Morgan fingerprint density at radius 2 is 1.88 bits per heavy atom. The largest absolute Gasteiger partial charge is 0.399 e. The first-order valence-electron chi connectivity index (χ1n) is 5.86. The van der Waals surface area contributed by atoms with Crippen LogP contribution in [0, 0.1) is 6.92 Å². The van der Waals surface area contributed by atoms with Crippen LogP contribution in [0.1, 0.15) is 23.6 Å². The summed E-state index contributed by atoms with van der Waals surface area (Å²) in [7, 11) is 1.92. The highest BCUT2D eigenvalue weighted by Crippen LogP contribution is 2.09. The first kappa shape index (κ1) is 11.6. The van der Waals surface area contributed by atoms with Gasteiger partial charge in [-0.1, -0.05) is 12.1 Å². The molecule has 1 aromatic heterocycles. The minimum atomic E-state index is 0.816. The van der Waals surface area contributed by atoms with E-state index in [2.05, 4.69) is 22.2 Å². The summed E-state index contributed by atoms with van der Waals surface area (Å²) >= 11 is 0. The van der Waals surface area contributed by atoms with Gasteiger partial charge in [0.05, 0.1) is 0 Å². The fourth-order valence-electron chi connectivity index (χ4n) is 1.77. The maximum absolute atomic E-state index is 5.64. The Kier molecular flexibility index (Phi) is 3.42. The lowest BCUT2D eigenvalue weighted by Gasteiger charge is -2.00. The molecule has 4 heteroatoms. The van der Waals surface area contributed by atoms with Gasteiger partial charge in [0, 0.05) is 19.2 Å². The van der Waals surface area contributed by atoms with Crippen molar-refractivity contribution in [2.75, 3.05) is 5.73 Å². The van der Waals surface area contributed by atoms with E-state index in [-0.39, 0.29) is 0 Å². The number of aromatic nitrogens is 3. The molecule has 1 heterocycles. The molecule has 0 unspecified atom stereocenters. The first-order valence-corrected chi connectivity index (χ1v) is 5.86. The zero-order valence-electron chi connectivity index (χ0n) is 10.3. The van der Waals surface area contributed by atoms with E-state index in [9.17, 15) is 0 Å². The normalized spacial score (nSPS) is 10.7. The molecular formula is C13H18N4. The molecule has 2 N–H and O–H groups in total. The van der Waals surface area contributed by atoms with Gasteiger partial charge in [-0.2, -0.15) is 5.10 Å². The highest BCUT2D eigenvalue weighted by molar-refractivity contribution is 5.39. The maximum atomic E-state index is 5.64. The van der Waals surface area contributed by atoms with E-state index in [1.54, 1.807) is 0 Å². The Labute approximate surface area is 101 Å². The average Bonchev–Trinajstić information content (AvgIpc) is 2.61. The van der Waals surface area contributed by atoms with Crippen LogP contribution in [0.15, 0.2) is 24.3 Å². The van der Waals surface area contributed by atoms with Crippen molar-refractivity contribution in [2.24, 2.45) is 7.05 Å². The number of nitrogen functional groups attached to an aromatic ring is 1. The molecule has 0 fully saturated rings. The number of benzene rings is 1.